The quantitative estimate of drug-likeness (QED) is 0.639. The number of nitrogens with one attached hydrogen (secondary N) is 1. The summed E-state index contributed by atoms with van der Waals surface area (Å²) in [4.78, 5) is 18.8. The molecule has 0 aliphatic heterocycles. The first-order valence-electron chi connectivity index (χ1n) is 8.72. The molecule has 0 bridgehead atoms. The number of likely N-dealkylation sites (N-methyl/N-ethyl adjacent to an activating group) is 1. The van der Waals surface area contributed by atoms with E-state index in [2.05, 4.69) is 10.3 Å². The van der Waals surface area contributed by atoms with Crippen LogP contribution in [-0.4, -0.2) is 43.1 Å². The Hall–Kier alpha value is -2.64. The lowest BCUT2D eigenvalue weighted by Gasteiger charge is -2.16. The fraction of sp³-hybridized carbons (Fsp3) is 0.300. The zero-order valence-corrected chi connectivity index (χ0v) is 16.5. The fourth-order valence-corrected chi connectivity index (χ4v) is 3.67. The molecule has 0 fully saturated rings. The third-order valence-corrected chi connectivity index (χ3v) is 4.85. The number of hydrogen-bond donors (Lipinski definition) is 1. The molecule has 2 aromatic carbocycles. The number of aromatic nitrogens is 1. The molecule has 0 saturated heterocycles. The molecule has 0 unspecified atom stereocenters. The number of benzene rings is 2. The van der Waals surface area contributed by atoms with E-state index in [1.54, 1.807) is 7.11 Å². The number of fused-ring (bicyclic) bond motifs is 1. The summed E-state index contributed by atoms with van der Waals surface area (Å²) in [5.74, 6) is 1.53. The van der Waals surface area contributed by atoms with E-state index in [0.717, 1.165) is 27.3 Å². The minimum atomic E-state index is -0.0931. The van der Waals surface area contributed by atoms with Gasteiger partial charge in [0.1, 0.15) is 11.5 Å². The number of rotatable bonds is 8. The van der Waals surface area contributed by atoms with E-state index in [4.69, 9.17) is 9.47 Å². The minimum absolute atomic E-state index is 0.0931. The summed E-state index contributed by atoms with van der Waals surface area (Å²) in [5.41, 5.74) is 1.94. The highest BCUT2D eigenvalue weighted by molar-refractivity contribution is 7.22. The standard InChI is InChI=1S/C20H23N3O3S/c1-4-26-16-8-9-17-18(11-16)27-20(21-17)22-19(24)13-23(2)12-14-6-5-7-15(10-14)25-3/h5-11H,4,12-13H2,1-3H3,(H,21,22,24). The Kier molecular flexibility index (Phi) is 6.26. The van der Waals surface area contributed by atoms with Gasteiger partial charge in [0.15, 0.2) is 5.13 Å². The SMILES string of the molecule is CCOc1ccc2nc(NC(=O)CN(C)Cc3cccc(OC)c3)sc2c1. The van der Waals surface area contributed by atoms with Gasteiger partial charge in [-0.05, 0) is 49.9 Å². The van der Waals surface area contributed by atoms with Crippen LogP contribution >= 0.6 is 11.3 Å². The number of thiazole rings is 1. The molecule has 0 spiro atoms. The number of nitrogens with zero attached hydrogens (tertiary/aromatic N) is 2. The van der Waals surface area contributed by atoms with Crippen molar-refractivity contribution in [1.29, 1.82) is 0 Å². The molecule has 0 atom stereocenters. The first kappa shape index (κ1) is 19.1. The predicted octanol–water partition coefficient (Wildman–Crippen LogP) is 3.77. The number of ether oxygens (including phenoxy) is 2. The van der Waals surface area contributed by atoms with Crippen molar-refractivity contribution in [1.82, 2.24) is 9.88 Å². The molecule has 142 valence electrons. The highest BCUT2D eigenvalue weighted by Crippen LogP contribution is 2.29. The molecule has 1 heterocycles. The van der Waals surface area contributed by atoms with Crippen LogP contribution in [0.1, 0.15) is 12.5 Å². The van der Waals surface area contributed by atoms with Crippen molar-refractivity contribution < 1.29 is 14.3 Å². The van der Waals surface area contributed by atoms with Crippen LogP contribution in [0.3, 0.4) is 0 Å². The molecule has 0 radical (unpaired) electrons. The van der Waals surface area contributed by atoms with Gasteiger partial charge in [0.2, 0.25) is 5.91 Å². The molecule has 3 rings (SSSR count). The van der Waals surface area contributed by atoms with Gasteiger partial charge in [0.25, 0.3) is 0 Å². The molecule has 0 aliphatic rings. The van der Waals surface area contributed by atoms with E-state index in [-0.39, 0.29) is 12.5 Å². The van der Waals surface area contributed by atoms with Crippen molar-refractivity contribution in [3.63, 3.8) is 0 Å². The van der Waals surface area contributed by atoms with Gasteiger partial charge in [-0.1, -0.05) is 23.5 Å². The Morgan fingerprint density at radius 3 is 2.85 bits per heavy atom. The second kappa shape index (κ2) is 8.83. The average molecular weight is 385 g/mol. The van der Waals surface area contributed by atoms with Gasteiger partial charge >= 0.3 is 0 Å². The van der Waals surface area contributed by atoms with E-state index in [1.165, 1.54) is 11.3 Å². The topological polar surface area (TPSA) is 63.7 Å². The smallest absolute Gasteiger partial charge is 0.240 e. The number of amides is 1. The summed E-state index contributed by atoms with van der Waals surface area (Å²) in [6, 6.07) is 13.6. The van der Waals surface area contributed by atoms with E-state index in [9.17, 15) is 4.79 Å². The Morgan fingerprint density at radius 2 is 2.07 bits per heavy atom. The van der Waals surface area contributed by atoms with Gasteiger partial charge in [-0.3, -0.25) is 9.69 Å². The van der Waals surface area contributed by atoms with E-state index in [1.807, 2.05) is 61.3 Å². The molecule has 0 aliphatic carbocycles. The maximum atomic E-state index is 12.3. The van der Waals surface area contributed by atoms with Gasteiger partial charge in [-0.25, -0.2) is 4.98 Å². The van der Waals surface area contributed by atoms with Crippen LogP contribution in [0.4, 0.5) is 5.13 Å². The maximum Gasteiger partial charge on any atom is 0.240 e. The van der Waals surface area contributed by atoms with Crippen molar-refractivity contribution in [2.75, 3.05) is 32.6 Å². The Labute approximate surface area is 162 Å². The molecule has 6 nitrogen and oxygen atoms in total. The average Bonchev–Trinajstić information content (AvgIpc) is 3.03. The van der Waals surface area contributed by atoms with Gasteiger partial charge in [-0.15, -0.1) is 0 Å². The van der Waals surface area contributed by atoms with Crippen LogP contribution < -0.4 is 14.8 Å². The first-order valence-corrected chi connectivity index (χ1v) is 9.53. The third-order valence-electron chi connectivity index (χ3n) is 3.92. The Bertz CT molecular complexity index is 926. The molecule has 27 heavy (non-hydrogen) atoms. The van der Waals surface area contributed by atoms with Gasteiger partial charge < -0.3 is 14.8 Å². The molecule has 1 aromatic heterocycles. The van der Waals surface area contributed by atoms with E-state index < -0.39 is 0 Å². The lowest BCUT2D eigenvalue weighted by molar-refractivity contribution is -0.117. The fourth-order valence-electron chi connectivity index (χ4n) is 2.76. The number of carbonyl (C=O) groups excluding carboxylic acids is 1. The van der Waals surface area contributed by atoms with Crippen molar-refractivity contribution >= 4 is 32.6 Å². The van der Waals surface area contributed by atoms with Crippen molar-refractivity contribution in [2.45, 2.75) is 13.5 Å². The van der Waals surface area contributed by atoms with Gasteiger partial charge in [0, 0.05) is 6.54 Å². The second-order valence-electron chi connectivity index (χ2n) is 6.15. The first-order chi connectivity index (χ1) is 13.1. The van der Waals surface area contributed by atoms with Crippen LogP contribution in [-0.2, 0) is 11.3 Å². The van der Waals surface area contributed by atoms with Crippen LogP contribution in [0.25, 0.3) is 10.2 Å². The Morgan fingerprint density at radius 1 is 1.22 bits per heavy atom. The zero-order chi connectivity index (χ0) is 19.2. The number of anilines is 1. The molecule has 7 heteroatoms. The highest BCUT2D eigenvalue weighted by Gasteiger charge is 2.11. The van der Waals surface area contributed by atoms with Crippen LogP contribution in [0.2, 0.25) is 0 Å². The molecule has 0 saturated carbocycles. The molecule has 1 N–H and O–H groups in total. The molecular formula is C20H23N3O3S. The lowest BCUT2D eigenvalue weighted by Crippen LogP contribution is -2.29. The van der Waals surface area contributed by atoms with Crippen LogP contribution in [0, 0.1) is 0 Å². The summed E-state index contributed by atoms with van der Waals surface area (Å²) in [7, 11) is 3.55. The highest BCUT2D eigenvalue weighted by atomic mass is 32.1. The molecule has 3 aromatic rings. The Balaban J connectivity index is 1.58. The maximum absolute atomic E-state index is 12.3. The van der Waals surface area contributed by atoms with Gasteiger partial charge in [0.05, 0.1) is 30.5 Å². The monoisotopic (exact) mass is 385 g/mol. The predicted molar refractivity (Wildman–Crippen MR) is 109 cm³/mol. The number of hydrogen-bond acceptors (Lipinski definition) is 6. The van der Waals surface area contributed by atoms with Crippen LogP contribution in [0.5, 0.6) is 11.5 Å². The second-order valence-corrected chi connectivity index (χ2v) is 7.18. The summed E-state index contributed by atoms with van der Waals surface area (Å²) in [6.45, 7) is 3.50. The van der Waals surface area contributed by atoms with Crippen LogP contribution in [0.15, 0.2) is 42.5 Å². The van der Waals surface area contributed by atoms with E-state index >= 15 is 0 Å². The molecule has 1 amide bonds. The minimum Gasteiger partial charge on any atom is -0.497 e. The third kappa shape index (κ3) is 5.18. The number of carbonyl (C=O) groups is 1. The van der Waals surface area contributed by atoms with Crippen molar-refractivity contribution in [3.8, 4) is 11.5 Å². The molecular weight excluding hydrogens is 362 g/mol. The summed E-state index contributed by atoms with van der Waals surface area (Å²) in [5, 5.41) is 3.48. The normalized spacial score (nSPS) is 11.0. The number of methoxy groups -OCH3 is 1. The lowest BCUT2D eigenvalue weighted by atomic mass is 10.2. The summed E-state index contributed by atoms with van der Waals surface area (Å²) >= 11 is 1.44. The van der Waals surface area contributed by atoms with Gasteiger partial charge in [-0.2, -0.15) is 0 Å². The summed E-state index contributed by atoms with van der Waals surface area (Å²) < 4.78 is 11.7. The van der Waals surface area contributed by atoms with E-state index in [0.29, 0.717) is 18.3 Å². The zero-order valence-electron chi connectivity index (χ0n) is 15.7. The largest absolute Gasteiger partial charge is 0.497 e. The van der Waals surface area contributed by atoms with Crippen molar-refractivity contribution in [3.05, 3.63) is 48.0 Å². The van der Waals surface area contributed by atoms with Crippen molar-refractivity contribution in [2.24, 2.45) is 0 Å². The summed E-state index contributed by atoms with van der Waals surface area (Å²) in [6.07, 6.45) is 0.